The van der Waals surface area contributed by atoms with Gasteiger partial charge in [-0.15, -0.1) is 10.2 Å². The van der Waals surface area contributed by atoms with E-state index >= 15 is 0 Å². The van der Waals surface area contributed by atoms with Crippen LogP contribution in [0.25, 0.3) is 11.5 Å². The summed E-state index contributed by atoms with van der Waals surface area (Å²) in [6.07, 6.45) is 1.47. The second-order valence-electron chi connectivity index (χ2n) is 4.94. The van der Waals surface area contributed by atoms with Crippen LogP contribution in [-0.4, -0.2) is 10.2 Å². The molecule has 1 aromatic carbocycles. The lowest BCUT2D eigenvalue weighted by molar-refractivity contribution is -0.645. The van der Waals surface area contributed by atoms with Gasteiger partial charge in [0.15, 0.2) is 6.20 Å². The van der Waals surface area contributed by atoms with Crippen molar-refractivity contribution in [3.63, 3.8) is 0 Å². The molecule has 22 heavy (non-hydrogen) atoms. The molecule has 0 aliphatic carbocycles. The molecule has 2 aromatic heterocycles. The first kappa shape index (κ1) is 14.6. The SMILES string of the molecule is Cc1ccc(-c2nnc([C@H](C)Sc3cccc[n+]3[O-])o2)cc1. The monoisotopic (exact) mass is 313 g/mol. The minimum absolute atomic E-state index is 0.103. The molecule has 0 bridgehead atoms. The number of aromatic nitrogens is 3. The molecule has 0 aliphatic heterocycles. The van der Waals surface area contributed by atoms with Gasteiger partial charge < -0.3 is 9.62 Å². The highest BCUT2D eigenvalue weighted by molar-refractivity contribution is 7.99. The van der Waals surface area contributed by atoms with Gasteiger partial charge in [0.25, 0.3) is 5.03 Å². The zero-order valence-electron chi connectivity index (χ0n) is 12.3. The Bertz CT molecular complexity index is 771. The van der Waals surface area contributed by atoms with Crippen molar-refractivity contribution >= 4 is 11.8 Å². The second-order valence-corrected chi connectivity index (χ2v) is 6.30. The Balaban J connectivity index is 1.78. The number of benzene rings is 1. The van der Waals surface area contributed by atoms with Crippen LogP contribution in [0.15, 0.2) is 58.1 Å². The van der Waals surface area contributed by atoms with Crippen LogP contribution >= 0.6 is 11.8 Å². The minimum Gasteiger partial charge on any atom is -0.618 e. The molecule has 0 saturated heterocycles. The first-order valence-corrected chi connectivity index (χ1v) is 7.77. The minimum atomic E-state index is -0.103. The molecule has 1 atom stereocenters. The normalized spacial score (nSPS) is 12.3. The lowest BCUT2D eigenvalue weighted by Gasteiger charge is -2.06. The van der Waals surface area contributed by atoms with E-state index in [2.05, 4.69) is 10.2 Å². The van der Waals surface area contributed by atoms with Crippen molar-refractivity contribution in [2.45, 2.75) is 24.1 Å². The molecule has 0 radical (unpaired) electrons. The lowest BCUT2D eigenvalue weighted by Crippen LogP contribution is -2.27. The van der Waals surface area contributed by atoms with E-state index in [9.17, 15) is 5.21 Å². The molecule has 6 heteroatoms. The molecule has 5 nitrogen and oxygen atoms in total. The van der Waals surface area contributed by atoms with Crippen LogP contribution in [0.5, 0.6) is 0 Å². The summed E-state index contributed by atoms with van der Waals surface area (Å²) in [5, 5.41) is 20.4. The number of rotatable bonds is 4. The number of hydrogen-bond acceptors (Lipinski definition) is 5. The highest BCUT2D eigenvalue weighted by Gasteiger charge is 2.19. The highest BCUT2D eigenvalue weighted by Crippen LogP contribution is 2.33. The molecule has 0 amide bonds. The molecule has 0 unspecified atom stereocenters. The number of pyridine rings is 1. The summed E-state index contributed by atoms with van der Waals surface area (Å²) < 4.78 is 6.56. The molecule has 3 aromatic rings. The van der Waals surface area contributed by atoms with Gasteiger partial charge in [-0.25, -0.2) is 0 Å². The Labute approximate surface area is 132 Å². The van der Waals surface area contributed by atoms with E-state index < -0.39 is 0 Å². The van der Waals surface area contributed by atoms with Crippen molar-refractivity contribution in [3.05, 3.63) is 65.3 Å². The first-order chi connectivity index (χ1) is 10.6. The van der Waals surface area contributed by atoms with E-state index in [1.54, 1.807) is 12.1 Å². The van der Waals surface area contributed by atoms with Gasteiger partial charge in [0, 0.05) is 17.7 Å². The highest BCUT2D eigenvalue weighted by atomic mass is 32.2. The molecule has 0 aliphatic rings. The van der Waals surface area contributed by atoms with Crippen molar-refractivity contribution in [2.24, 2.45) is 0 Å². The maximum Gasteiger partial charge on any atom is 0.252 e. The van der Waals surface area contributed by atoms with Gasteiger partial charge in [0.1, 0.15) is 0 Å². The van der Waals surface area contributed by atoms with Crippen LogP contribution < -0.4 is 4.73 Å². The van der Waals surface area contributed by atoms with E-state index in [0.717, 1.165) is 10.3 Å². The zero-order chi connectivity index (χ0) is 15.5. The van der Waals surface area contributed by atoms with Gasteiger partial charge >= 0.3 is 0 Å². The van der Waals surface area contributed by atoms with Crippen molar-refractivity contribution in [2.75, 3.05) is 0 Å². The molecule has 2 heterocycles. The maximum absolute atomic E-state index is 11.7. The second kappa shape index (κ2) is 6.19. The van der Waals surface area contributed by atoms with Crippen LogP contribution in [0.3, 0.4) is 0 Å². The van der Waals surface area contributed by atoms with Gasteiger partial charge in [-0.3, -0.25) is 0 Å². The summed E-state index contributed by atoms with van der Waals surface area (Å²) in [6.45, 7) is 3.96. The third-order valence-electron chi connectivity index (χ3n) is 3.17. The number of aryl methyl sites for hydroxylation is 1. The Hall–Kier alpha value is -2.34. The standard InChI is InChI=1S/C16H15N3O2S/c1-11-6-8-13(9-7-11)16-18-17-15(21-16)12(2)22-14-5-3-4-10-19(14)20/h3-10,12H,1-2H3/t12-/m0/s1. The molecule has 0 saturated carbocycles. The molecule has 0 N–H and O–H groups in total. The van der Waals surface area contributed by atoms with Crippen LogP contribution in [0.2, 0.25) is 0 Å². The molecule has 0 fully saturated rings. The van der Waals surface area contributed by atoms with E-state index in [-0.39, 0.29) is 5.25 Å². The van der Waals surface area contributed by atoms with Crippen molar-refractivity contribution < 1.29 is 9.15 Å². The van der Waals surface area contributed by atoms with E-state index in [1.807, 2.05) is 44.2 Å². The predicted octanol–water partition coefficient (Wildman–Crippen LogP) is 3.53. The summed E-state index contributed by atoms with van der Waals surface area (Å²) in [4.78, 5) is 0. The van der Waals surface area contributed by atoms with E-state index in [1.165, 1.54) is 23.5 Å². The van der Waals surface area contributed by atoms with Gasteiger partial charge in [0.2, 0.25) is 11.8 Å². The lowest BCUT2D eigenvalue weighted by atomic mass is 10.1. The summed E-state index contributed by atoms with van der Waals surface area (Å²) in [6, 6.07) is 13.2. The fourth-order valence-electron chi connectivity index (χ4n) is 1.95. The fourth-order valence-corrected chi connectivity index (χ4v) is 2.83. The van der Waals surface area contributed by atoms with E-state index in [4.69, 9.17) is 4.42 Å². The maximum atomic E-state index is 11.7. The summed E-state index contributed by atoms with van der Waals surface area (Å²) >= 11 is 1.39. The predicted molar refractivity (Wildman–Crippen MR) is 84.1 cm³/mol. The van der Waals surface area contributed by atoms with Gasteiger partial charge in [0.05, 0.1) is 5.25 Å². The Kier molecular flexibility index (Phi) is 4.11. The number of nitrogens with zero attached hydrogens (tertiary/aromatic N) is 3. The summed E-state index contributed by atoms with van der Waals surface area (Å²) in [7, 11) is 0. The molecule has 112 valence electrons. The largest absolute Gasteiger partial charge is 0.618 e. The zero-order valence-corrected chi connectivity index (χ0v) is 13.1. The van der Waals surface area contributed by atoms with Gasteiger partial charge in [-0.2, -0.15) is 4.73 Å². The van der Waals surface area contributed by atoms with Crippen molar-refractivity contribution in [1.29, 1.82) is 0 Å². The third kappa shape index (κ3) is 3.12. The molecule has 3 rings (SSSR count). The van der Waals surface area contributed by atoms with Gasteiger partial charge in [-0.05, 0) is 43.8 Å². The van der Waals surface area contributed by atoms with Crippen molar-refractivity contribution in [1.82, 2.24) is 10.2 Å². The van der Waals surface area contributed by atoms with Crippen molar-refractivity contribution in [3.8, 4) is 11.5 Å². The molecular weight excluding hydrogens is 298 g/mol. The Morgan fingerprint density at radius 2 is 1.91 bits per heavy atom. The third-order valence-corrected chi connectivity index (χ3v) is 4.29. The van der Waals surface area contributed by atoms with Crippen LogP contribution in [0.4, 0.5) is 0 Å². The quantitative estimate of drug-likeness (QED) is 0.419. The molecule has 0 spiro atoms. The fraction of sp³-hybridized carbons (Fsp3) is 0.188. The topological polar surface area (TPSA) is 65.9 Å². The smallest absolute Gasteiger partial charge is 0.252 e. The van der Waals surface area contributed by atoms with Crippen LogP contribution in [-0.2, 0) is 0 Å². The summed E-state index contributed by atoms with van der Waals surface area (Å²) in [5.74, 6) is 0.995. The average molecular weight is 313 g/mol. The molecular formula is C16H15N3O2S. The number of hydrogen-bond donors (Lipinski definition) is 0. The Morgan fingerprint density at radius 1 is 1.14 bits per heavy atom. The Morgan fingerprint density at radius 3 is 2.64 bits per heavy atom. The van der Waals surface area contributed by atoms with Gasteiger partial charge in [-0.1, -0.05) is 17.7 Å². The van der Waals surface area contributed by atoms with Crippen LogP contribution in [0, 0.1) is 12.1 Å². The number of thioether (sulfide) groups is 1. The van der Waals surface area contributed by atoms with E-state index in [0.29, 0.717) is 16.8 Å². The average Bonchev–Trinajstić information content (AvgIpc) is 3.00. The first-order valence-electron chi connectivity index (χ1n) is 6.89. The van der Waals surface area contributed by atoms with Crippen LogP contribution in [0.1, 0.15) is 23.6 Å². The summed E-state index contributed by atoms with van der Waals surface area (Å²) in [5.41, 5.74) is 2.07.